The van der Waals surface area contributed by atoms with Gasteiger partial charge in [-0.3, -0.25) is 4.79 Å². The van der Waals surface area contributed by atoms with E-state index in [0.717, 1.165) is 23.6 Å². The topological polar surface area (TPSA) is 61.6 Å². The molecule has 1 aromatic heterocycles. The van der Waals surface area contributed by atoms with E-state index in [1.165, 1.54) is 6.20 Å². The first kappa shape index (κ1) is 18.7. The molecule has 2 atom stereocenters. The average molecular weight is 348 g/mol. The van der Waals surface area contributed by atoms with Crippen LogP contribution in [0.1, 0.15) is 31.2 Å². The standard InChI is InChI=1S/C15H23F3N4O2/c1-20(2)11-4-3-6-21(9-11)13(24)8-12(23)14-19-5-7-22(14)10-15(16,17)18/h5,7,11-12,23H,3-4,6,8-10H2,1-2H3/t11-,12?/m1/s1. The minimum atomic E-state index is -4.41. The Balaban J connectivity index is 1.98. The normalized spacial score (nSPS) is 20.5. The van der Waals surface area contributed by atoms with E-state index in [0.29, 0.717) is 13.1 Å². The lowest BCUT2D eigenvalue weighted by Gasteiger charge is -2.36. The van der Waals surface area contributed by atoms with E-state index < -0.39 is 18.8 Å². The van der Waals surface area contributed by atoms with E-state index in [-0.39, 0.29) is 24.2 Å². The highest BCUT2D eigenvalue weighted by Crippen LogP contribution is 2.23. The minimum Gasteiger partial charge on any atom is -0.385 e. The van der Waals surface area contributed by atoms with Crippen LogP contribution >= 0.6 is 0 Å². The summed E-state index contributed by atoms with van der Waals surface area (Å²) in [5, 5.41) is 10.2. The number of likely N-dealkylation sites (tertiary alicyclic amines) is 1. The van der Waals surface area contributed by atoms with Crippen molar-refractivity contribution in [1.82, 2.24) is 19.4 Å². The number of hydrogen-bond acceptors (Lipinski definition) is 4. The molecule has 0 radical (unpaired) electrons. The van der Waals surface area contributed by atoms with Gasteiger partial charge in [-0.1, -0.05) is 0 Å². The fraction of sp³-hybridized carbons (Fsp3) is 0.733. The molecule has 6 nitrogen and oxygen atoms in total. The number of alkyl halides is 3. The van der Waals surface area contributed by atoms with Gasteiger partial charge in [-0.25, -0.2) is 4.98 Å². The minimum absolute atomic E-state index is 0.137. The third kappa shape index (κ3) is 4.94. The zero-order chi connectivity index (χ0) is 17.9. The highest BCUT2D eigenvalue weighted by Gasteiger charge is 2.31. The molecule has 0 spiro atoms. The maximum Gasteiger partial charge on any atom is 0.406 e. The Morgan fingerprint density at radius 1 is 1.50 bits per heavy atom. The summed E-state index contributed by atoms with van der Waals surface area (Å²) in [6, 6.07) is 0.257. The molecule has 9 heteroatoms. The lowest BCUT2D eigenvalue weighted by atomic mass is 10.0. The highest BCUT2D eigenvalue weighted by molar-refractivity contribution is 5.77. The van der Waals surface area contributed by atoms with Crippen molar-refractivity contribution >= 4 is 5.91 Å². The Kier molecular flexibility index (Phi) is 5.87. The van der Waals surface area contributed by atoms with Gasteiger partial charge in [0.1, 0.15) is 18.5 Å². The van der Waals surface area contributed by atoms with Gasteiger partial charge in [0, 0.05) is 31.5 Å². The molecule has 1 fully saturated rings. The molecule has 1 aromatic rings. The number of imidazole rings is 1. The number of aliphatic hydroxyl groups excluding tert-OH is 1. The van der Waals surface area contributed by atoms with Crippen LogP contribution in [0.2, 0.25) is 0 Å². The van der Waals surface area contributed by atoms with Crippen molar-refractivity contribution in [2.75, 3.05) is 27.2 Å². The number of halogens is 3. The van der Waals surface area contributed by atoms with Gasteiger partial charge < -0.3 is 19.5 Å². The SMILES string of the molecule is CN(C)[C@@H]1CCCN(C(=O)CC(O)c2nccn2CC(F)(F)F)C1. The van der Waals surface area contributed by atoms with Crippen LogP contribution in [0.3, 0.4) is 0 Å². The van der Waals surface area contributed by atoms with E-state index in [1.54, 1.807) is 4.90 Å². The van der Waals surface area contributed by atoms with Gasteiger partial charge in [-0.05, 0) is 26.9 Å². The average Bonchev–Trinajstić information content (AvgIpc) is 2.93. The number of carbonyl (C=O) groups excluding carboxylic acids is 1. The molecule has 1 aliphatic heterocycles. The van der Waals surface area contributed by atoms with Gasteiger partial charge in [0.15, 0.2) is 0 Å². The third-order valence-electron chi connectivity index (χ3n) is 4.24. The lowest BCUT2D eigenvalue weighted by molar-refractivity contribution is -0.141. The molecule has 1 saturated heterocycles. The molecule has 136 valence electrons. The first-order valence-corrected chi connectivity index (χ1v) is 7.87. The number of aromatic nitrogens is 2. The van der Waals surface area contributed by atoms with E-state index in [4.69, 9.17) is 0 Å². The van der Waals surface area contributed by atoms with Gasteiger partial charge in [0.05, 0.1) is 6.42 Å². The number of likely N-dealkylation sites (N-methyl/N-ethyl adjacent to an activating group) is 1. The maximum absolute atomic E-state index is 12.5. The smallest absolute Gasteiger partial charge is 0.385 e. The van der Waals surface area contributed by atoms with Crippen molar-refractivity contribution in [3.63, 3.8) is 0 Å². The fourth-order valence-electron chi connectivity index (χ4n) is 2.93. The van der Waals surface area contributed by atoms with E-state index in [1.807, 2.05) is 19.0 Å². The molecule has 1 aliphatic rings. The van der Waals surface area contributed by atoms with Crippen LogP contribution in [0.4, 0.5) is 13.2 Å². The van der Waals surface area contributed by atoms with Crippen molar-refractivity contribution in [3.8, 4) is 0 Å². The summed E-state index contributed by atoms with van der Waals surface area (Å²) >= 11 is 0. The summed E-state index contributed by atoms with van der Waals surface area (Å²) in [4.78, 5) is 19.8. The molecule has 0 saturated carbocycles. The van der Waals surface area contributed by atoms with E-state index >= 15 is 0 Å². The number of amides is 1. The van der Waals surface area contributed by atoms with Crippen LogP contribution in [0.15, 0.2) is 12.4 Å². The number of rotatable bonds is 5. The van der Waals surface area contributed by atoms with Gasteiger partial charge in [0.25, 0.3) is 0 Å². The van der Waals surface area contributed by atoms with Crippen molar-refractivity contribution in [2.24, 2.45) is 0 Å². The van der Waals surface area contributed by atoms with Crippen molar-refractivity contribution in [3.05, 3.63) is 18.2 Å². The molecule has 0 aliphatic carbocycles. The molecule has 0 aromatic carbocycles. The molecular formula is C15H23F3N4O2. The molecule has 0 bridgehead atoms. The van der Waals surface area contributed by atoms with Crippen molar-refractivity contribution in [1.29, 1.82) is 0 Å². The van der Waals surface area contributed by atoms with Crippen LogP contribution < -0.4 is 0 Å². The fourth-order valence-corrected chi connectivity index (χ4v) is 2.93. The summed E-state index contributed by atoms with van der Waals surface area (Å²) in [6.45, 7) is -0.0670. The van der Waals surface area contributed by atoms with Crippen LogP contribution in [0.5, 0.6) is 0 Å². The predicted octanol–water partition coefficient (Wildman–Crippen LogP) is 1.42. The summed E-state index contributed by atoms with van der Waals surface area (Å²) in [5.74, 6) is -0.405. The second kappa shape index (κ2) is 7.52. The predicted molar refractivity (Wildman–Crippen MR) is 81.1 cm³/mol. The van der Waals surface area contributed by atoms with Gasteiger partial charge in [-0.2, -0.15) is 13.2 Å². The first-order chi connectivity index (χ1) is 11.2. The highest BCUT2D eigenvalue weighted by atomic mass is 19.4. The Bertz CT molecular complexity index is 559. The molecule has 1 N–H and O–H groups in total. The Morgan fingerprint density at radius 3 is 2.83 bits per heavy atom. The van der Waals surface area contributed by atoms with Gasteiger partial charge in [0.2, 0.25) is 5.91 Å². The van der Waals surface area contributed by atoms with Crippen molar-refractivity contribution < 1.29 is 23.1 Å². The van der Waals surface area contributed by atoms with E-state index in [9.17, 15) is 23.1 Å². The molecule has 1 unspecified atom stereocenters. The number of hydrogen-bond donors (Lipinski definition) is 1. The van der Waals surface area contributed by atoms with Crippen LogP contribution in [0.25, 0.3) is 0 Å². The molecule has 24 heavy (non-hydrogen) atoms. The zero-order valence-electron chi connectivity index (χ0n) is 13.8. The number of carbonyl (C=O) groups is 1. The second-order valence-corrected chi connectivity index (χ2v) is 6.35. The largest absolute Gasteiger partial charge is 0.406 e. The first-order valence-electron chi connectivity index (χ1n) is 7.87. The quantitative estimate of drug-likeness (QED) is 0.874. The van der Waals surface area contributed by atoms with Gasteiger partial charge in [-0.15, -0.1) is 0 Å². The van der Waals surface area contributed by atoms with Gasteiger partial charge >= 0.3 is 6.18 Å². The Hall–Kier alpha value is -1.61. The van der Waals surface area contributed by atoms with Crippen LogP contribution in [-0.4, -0.2) is 69.8 Å². The molecule has 1 amide bonds. The molecule has 2 rings (SSSR count). The zero-order valence-corrected chi connectivity index (χ0v) is 13.8. The molecule has 2 heterocycles. The van der Waals surface area contributed by atoms with Crippen LogP contribution in [0, 0.1) is 0 Å². The van der Waals surface area contributed by atoms with E-state index in [2.05, 4.69) is 4.98 Å². The summed E-state index contributed by atoms with van der Waals surface area (Å²) in [5.41, 5.74) is 0. The van der Waals surface area contributed by atoms with Crippen LogP contribution in [-0.2, 0) is 11.3 Å². The van der Waals surface area contributed by atoms with Crippen molar-refractivity contribution in [2.45, 2.75) is 44.1 Å². The summed E-state index contributed by atoms with van der Waals surface area (Å²) < 4.78 is 38.4. The maximum atomic E-state index is 12.5. The monoisotopic (exact) mass is 348 g/mol. The Labute approximate surface area is 138 Å². The summed E-state index contributed by atoms with van der Waals surface area (Å²) in [6.07, 6.45) is -1.82. The second-order valence-electron chi connectivity index (χ2n) is 6.35. The molecular weight excluding hydrogens is 325 g/mol. The summed E-state index contributed by atoms with van der Waals surface area (Å²) in [7, 11) is 3.89. The third-order valence-corrected chi connectivity index (χ3v) is 4.24. The number of nitrogens with zero attached hydrogens (tertiary/aromatic N) is 4. The number of aliphatic hydroxyl groups is 1. The Morgan fingerprint density at radius 2 is 2.21 bits per heavy atom. The lowest BCUT2D eigenvalue weighted by Crippen LogP contribution is -2.47. The number of piperidine rings is 1.